The van der Waals surface area contributed by atoms with Crippen molar-refractivity contribution < 1.29 is 4.74 Å². The quantitative estimate of drug-likeness (QED) is 0.591. The molecule has 0 unspecified atom stereocenters. The van der Waals surface area contributed by atoms with Gasteiger partial charge in [0.05, 0.1) is 12.5 Å². The molecule has 2 aromatic heterocycles. The van der Waals surface area contributed by atoms with Gasteiger partial charge in [-0.05, 0) is 82.6 Å². The lowest BCUT2D eigenvalue weighted by Gasteiger charge is -2.14. The highest BCUT2D eigenvalue weighted by Crippen LogP contribution is 2.39. The average molecular weight is 397 g/mol. The first-order valence-corrected chi connectivity index (χ1v) is 10.8. The minimum atomic E-state index is 0.781. The molecule has 3 aromatic rings. The van der Waals surface area contributed by atoms with Crippen LogP contribution in [0.4, 0.5) is 5.82 Å². The minimum absolute atomic E-state index is 0.781. The molecule has 0 amide bonds. The molecule has 0 aliphatic heterocycles. The van der Waals surface area contributed by atoms with Crippen LogP contribution in [0.5, 0.6) is 5.75 Å². The number of aryl methyl sites for hydroxylation is 2. The van der Waals surface area contributed by atoms with Crippen molar-refractivity contribution in [2.75, 3.05) is 39.6 Å². The number of ether oxygens (including phenoxy) is 1. The van der Waals surface area contributed by atoms with Gasteiger partial charge in [-0.2, -0.15) is 0 Å². The molecule has 0 radical (unpaired) electrons. The third-order valence-electron chi connectivity index (χ3n) is 5.24. The van der Waals surface area contributed by atoms with Crippen LogP contribution >= 0.6 is 11.3 Å². The fourth-order valence-corrected chi connectivity index (χ4v) is 5.02. The van der Waals surface area contributed by atoms with Gasteiger partial charge >= 0.3 is 0 Å². The maximum absolute atomic E-state index is 5.28. The van der Waals surface area contributed by atoms with Crippen molar-refractivity contribution in [3.05, 3.63) is 34.7 Å². The minimum Gasteiger partial charge on any atom is -0.497 e. The zero-order valence-corrected chi connectivity index (χ0v) is 17.7. The Balaban J connectivity index is 1.72. The molecule has 4 rings (SSSR count). The van der Waals surface area contributed by atoms with Crippen LogP contribution in [0.1, 0.15) is 29.7 Å². The zero-order chi connectivity index (χ0) is 19.5. The summed E-state index contributed by atoms with van der Waals surface area (Å²) in [6.45, 7) is 1.98. The molecule has 0 spiro atoms. The van der Waals surface area contributed by atoms with Gasteiger partial charge in [0.1, 0.15) is 16.4 Å². The fourth-order valence-electron chi connectivity index (χ4n) is 3.76. The van der Waals surface area contributed by atoms with Gasteiger partial charge in [-0.25, -0.2) is 9.97 Å². The molecule has 28 heavy (non-hydrogen) atoms. The molecule has 0 fully saturated rings. The number of aromatic nitrogens is 2. The van der Waals surface area contributed by atoms with E-state index >= 15 is 0 Å². The van der Waals surface area contributed by atoms with Gasteiger partial charge in [-0.3, -0.25) is 0 Å². The van der Waals surface area contributed by atoms with Crippen LogP contribution in [0.2, 0.25) is 0 Å². The van der Waals surface area contributed by atoms with E-state index in [1.165, 1.54) is 35.1 Å². The largest absolute Gasteiger partial charge is 0.497 e. The lowest BCUT2D eigenvalue weighted by atomic mass is 9.97. The summed E-state index contributed by atoms with van der Waals surface area (Å²) in [6, 6.07) is 7.99. The summed E-state index contributed by atoms with van der Waals surface area (Å²) in [4.78, 5) is 14.7. The van der Waals surface area contributed by atoms with Crippen LogP contribution in [0.15, 0.2) is 24.3 Å². The van der Waals surface area contributed by atoms with Crippen molar-refractivity contribution >= 4 is 27.4 Å². The fraction of sp³-hybridized carbons (Fsp3) is 0.455. The van der Waals surface area contributed by atoms with E-state index in [2.05, 4.69) is 24.3 Å². The van der Waals surface area contributed by atoms with E-state index in [0.717, 1.165) is 53.7 Å². The second-order valence-corrected chi connectivity index (χ2v) is 8.68. The van der Waals surface area contributed by atoms with E-state index in [1.54, 1.807) is 7.11 Å². The molecular formula is C22H28N4OS. The summed E-state index contributed by atoms with van der Waals surface area (Å²) < 4.78 is 5.28. The Labute approximate surface area is 170 Å². The smallest absolute Gasteiger partial charge is 0.163 e. The molecule has 0 bridgehead atoms. The van der Waals surface area contributed by atoms with Gasteiger partial charge in [-0.15, -0.1) is 11.3 Å². The van der Waals surface area contributed by atoms with Crippen LogP contribution in [0, 0.1) is 0 Å². The van der Waals surface area contributed by atoms with E-state index in [1.807, 2.05) is 35.6 Å². The predicted molar refractivity (Wildman–Crippen MR) is 118 cm³/mol. The molecule has 0 atom stereocenters. The monoisotopic (exact) mass is 396 g/mol. The number of thiophene rings is 1. The topological polar surface area (TPSA) is 50.3 Å². The summed E-state index contributed by atoms with van der Waals surface area (Å²) in [5.74, 6) is 2.62. The number of benzene rings is 1. The number of nitrogens with zero attached hydrogens (tertiary/aromatic N) is 3. The Bertz CT molecular complexity index is 949. The van der Waals surface area contributed by atoms with Gasteiger partial charge in [0.2, 0.25) is 0 Å². The van der Waals surface area contributed by atoms with Crippen molar-refractivity contribution in [2.24, 2.45) is 0 Å². The Morgan fingerprint density at radius 3 is 2.64 bits per heavy atom. The van der Waals surface area contributed by atoms with E-state index in [4.69, 9.17) is 14.7 Å². The second-order valence-electron chi connectivity index (χ2n) is 7.60. The first-order valence-electron chi connectivity index (χ1n) is 10.0. The van der Waals surface area contributed by atoms with Crippen LogP contribution in [0.25, 0.3) is 21.6 Å². The van der Waals surface area contributed by atoms with Crippen LogP contribution in [-0.2, 0) is 12.8 Å². The third-order valence-corrected chi connectivity index (χ3v) is 6.42. The number of methoxy groups -OCH3 is 1. The second kappa shape index (κ2) is 8.45. The Morgan fingerprint density at radius 2 is 1.89 bits per heavy atom. The number of fused-ring (bicyclic) bond motifs is 3. The molecule has 1 aromatic carbocycles. The van der Waals surface area contributed by atoms with E-state index in [0.29, 0.717) is 0 Å². The van der Waals surface area contributed by atoms with E-state index in [9.17, 15) is 0 Å². The molecule has 5 nitrogen and oxygen atoms in total. The van der Waals surface area contributed by atoms with Crippen LogP contribution < -0.4 is 10.1 Å². The van der Waals surface area contributed by atoms with E-state index < -0.39 is 0 Å². The highest BCUT2D eigenvalue weighted by Gasteiger charge is 2.21. The predicted octanol–water partition coefficient (Wildman–Crippen LogP) is 4.61. The SMILES string of the molecule is COc1ccc(-c2nc(NCCCN(C)C)c3c4c(sc3n2)CCCC4)cc1. The molecule has 2 heterocycles. The first-order chi connectivity index (χ1) is 13.7. The molecule has 1 aliphatic rings. The Morgan fingerprint density at radius 1 is 1.11 bits per heavy atom. The molecule has 6 heteroatoms. The molecule has 148 valence electrons. The van der Waals surface area contributed by atoms with Crippen molar-refractivity contribution in [2.45, 2.75) is 32.1 Å². The maximum Gasteiger partial charge on any atom is 0.163 e. The highest BCUT2D eigenvalue weighted by molar-refractivity contribution is 7.19. The first kappa shape index (κ1) is 19.2. The molecular weight excluding hydrogens is 368 g/mol. The summed E-state index contributed by atoms with van der Waals surface area (Å²) in [6.07, 6.45) is 5.95. The average Bonchev–Trinajstić information content (AvgIpc) is 3.09. The molecule has 0 saturated heterocycles. The van der Waals surface area contributed by atoms with Crippen molar-refractivity contribution in [3.63, 3.8) is 0 Å². The van der Waals surface area contributed by atoms with Gasteiger partial charge < -0.3 is 15.0 Å². The Hall–Kier alpha value is -2.18. The summed E-state index contributed by atoms with van der Waals surface area (Å²) in [7, 11) is 5.91. The van der Waals surface area contributed by atoms with Gasteiger partial charge in [0.15, 0.2) is 5.82 Å². The van der Waals surface area contributed by atoms with Gasteiger partial charge in [-0.1, -0.05) is 0 Å². The number of rotatable bonds is 7. The number of hydrogen-bond acceptors (Lipinski definition) is 6. The third kappa shape index (κ3) is 3.98. The van der Waals surface area contributed by atoms with Gasteiger partial charge in [0, 0.05) is 17.0 Å². The Kier molecular flexibility index (Phi) is 5.78. The lowest BCUT2D eigenvalue weighted by Crippen LogP contribution is -2.17. The maximum atomic E-state index is 5.28. The van der Waals surface area contributed by atoms with E-state index in [-0.39, 0.29) is 0 Å². The summed E-state index contributed by atoms with van der Waals surface area (Å²) >= 11 is 1.85. The lowest BCUT2D eigenvalue weighted by molar-refractivity contribution is 0.405. The molecule has 0 saturated carbocycles. The number of nitrogens with one attached hydrogen (secondary N) is 1. The molecule has 1 N–H and O–H groups in total. The normalized spacial score (nSPS) is 13.7. The van der Waals surface area contributed by atoms with Crippen LogP contribution in [0.3, 0.4) is 0 Å². The zero-order valence-electron chi connectivity index (χ0n) is 16.9. The summed E-state index contributed by atoms with van der Waals surface area (Å²) in [5.41, 5.74) is 2.49. The van der Waals surface area contributed by atoms with Crippen LogP contribution in [-0.4, -0.2) is 49.2 Å². The molecule has 1 aliphatic carbocycles. The number of anilines is 1. The van der Waals surface area contributed by atoms with Gasteiger partial charge in [0.25, 0.3) is 0 Å². The van der Waals surface area contributed by atoms with Crippen molar-refractivity contribution in [1.82, 2.24) is 14.9 Å². The highest BCUT2D eigenvalue weighted by atomic mass is 32.1. The standard InChI is InChI=1S/C22H28N4OS/c1-26(2)14-6-13-23-21-19-17-7-4-5-8-18(17)28-22(19)25-20(24-21)15-9-11-16(27-3)12-10-15/h9-12H,4-8,13-14H2,1-3H3,(H,23,24,25). The number of hydrogen-bond donors (Lipinski definition) is 1. The summed E-state index contributed by atoms with van der Waals surface area (Å²) in [5, 5.41) is 4.87. The van der Waals surface area contributed by atoms with Crippen molar-refractivity contribution in [3.8, 4) is 17.1 Å². The van der Waals surface area contributed by atoms with Crippen molar-refractivity contribution in [1.29, 1.82) is 0 Å².